The molecule has 0 atom stereocenters. The van der Waals surface area contributed by atoms with Gasteiger partial charge in [0, 0.05) is 26.4 Å². The smallest absolute Gasteiger partial charge is 0.0789 e. The van der Waals surface area contributed by atoms with Gasteiger partial charge in [-0.25, -0.2) is 0 Å². The van der Waals surface area contributed by atoms with E-state index in [2.05, 4.69) is 10.6 Å². The van der Waals surface area contributed by atoms with Crippen LogP contribution in [-0.4, -0.2) is 37.6 Å². The van der Waals surface area contributed by atoms with Gasteiger partial charge in [0.2, 0.25) is 0 Å². The van der Waals surface area contributed by atoms with Crippen LogP contribution in [-0.2, 0) is 0 Å². The highest BCUT2D eigenvalue weighted by molar-refractivity contribution is 4.60. The highest BCUT2D eigenvalue weighted by atomic mass is 16.3. The van der Waals surface area contributed by atoms with Gasteiger partial charge in [0.25, 0.3) is 0 Å². The van der Waals surface area contributed by atoms with Gasteiger partial charge in [-0.15, -0.1) is 0 Å². The van der Waals surface area contributed by atoms with Crippen molar-refractivity contribution in [1.29, 1.82) is 0 Å². The third kappa shape index (κ3) is 5.93. The van der Waals surface area contributed by atoms with Crippen LogP contribution < -0.4 is 22.1 Å². The predicted molar refractivity (Wildman–Crippen MR) is 40.1 cm³/mol. The van der Waals surface area contributed by atoms with Crippen LogP contribution in [0, 0.1) is 0 Å². The summed E-state index contributed by atoms with van der Waals surface area (Å²) in [7, 11) is 0. The van der Waals surface area contributed by atoms with E-state index in [1.165, 1.54) is 0 Å². The van der Waals surface area contributed by atoms with Crippen molar-refractivity contribution < 1.29 is 5.11 Å². The van der Waals surface area contributed by atoms with Crippen LogP contribution in [0.4, 0.5) is 0 Å². The van der Waals surface area contributed by atoms with Crippen molar-refractivity contribution >= 4 is 0 Å². The molecule has 0 saturated heterocycles. The monoisotopic (exact) mass is 148 g/mol. The van der Waals surface area contributed by atoms with Gasteiger partial charge < -0.3 is 27.2 Å². The highest BCUT2D eigenvalue weighted by Crippen LogP contribution is 1.74. The Labute approximate surface area is 60.8 Å². The highest BCUT2D eigenvalue weighted by Gasteiger charge is 1.99. The molecule has 0 fully saturated rings. The summed E-state index contributed by atoms with van der Waals surface area (Å²) in [5.74, 6) is 0. The van der Waals surface area contributed by atoms with Crippen molar-refractivity contribution in [3.63, 3.8) is 0 Å². The Balaban J connectivity index is 3.00. The molecule has 0 amide bonds. The van der Waals surface area contributed by atoms with E-state index in [4.69, 9.17) is 16.6 Å². The Hall–Kier alpha value is -0.200. The Morgan fingerprint density at radius 1 is 1.10 bits per heavy atom. The molecule has 0 saturated carbocycles. The Kier molecular flexibility index (Phi) is 6.78. The predicted octanol–water partition coefficient (Wildman–Crippen LogP) is -2.64. The number of hydrogen-bond acceptors (Lipinski definition) is 5. The Morgan fingerprint density at radius 3 is 1.80 bits per heavy atom. The first kappa shape index (κ1) is 9.80. The average Bonchev–Trinajstić information content (AvgIpc) is 1.97. The lowest BCUT2D eigenvalue weighted by Crippen LogP contribution is -2.39. The van der Waals surface area contributed by atoms with Crippen molar-refractivity contribution in [2.24, 2.45) is 11.5 Å². The summed E-state index contributed by atoms with van der Waals surface area (Å²) in [6, 6.07) is 0. The zero-order chi connectivity index (χ0) is 7.82. The summed E-state index contributed by atoms with van der Waals surface area (Å²) in [5.41, 5.74) is 10.3. The number of aliphatic hydroxyl groups is 1. The molecule has 0 aliphatic rings. The molecule has 0 spiro atoms. The van der Waals surface area contributed by atoms with Crippen LogP contribution >= 0.6 is 0 Å². The first-order chi connectivity index (χ1) is 4.81. The summed E-state index contributed by atoms with van der Waals surface area (Å²) in [6.45, 7) is 1.78. The van der Waals surface area contributed by atoms with Gasteiger partial charge in [0.15, 0.2) is 0 Å². The fraction of sp³-hybridized carbons (Fsp3) is 1.00. The molecule has 0 aliphatic heterocycles. The van der Waals surface area contributed by atoms with Crippen LogP contribution in [0.15, 0.2) is 0 Å². The zero-order valence-corrected chi connectivity index (χ0v) is 6.01. The molecule has 0 heterocycles. The van der Waals surface area contributed by atoms with E-state index in [0.717, 1.165) is 0 Å². The second kappa shape index (κ2) is 6.91. The average molecular weight is 148 g/mol. The van der Waals surface area contributed by atoms with Crippen molar-refractivity contribution in [3.8, 4) is 0 Å². The lowest BCUT2D eigenvalue weighted by molar-refractivity contribution is 0.169. The van der Waals surface area contributed by atoms with Crippen LogP contribution in [0.2, 0.25) is 0 Å². The quantitative estimate of drug-likeness (QED) is 0.265. The van der Waals surface area contributed by atoms with Crippen molar-refractivity contribution in [2.75, 3.05) is 26.4 Å². The van der Waals surface area contributed by atoms with Gasteiger partial charge >= 0.3 is 0 Å². The molecule has 0 bridgehead atoms. The standard InChI is InChI=1S/C5H16N4O/c6-3-8-1-5(10)2-9-4-7/h5,8-10H,1-4,6-7H2. The van der Waals surface area contributed by atoms with E-state index in [1.807, 2.05) is 0 Å². The number of nitrogens with two attached hydrogens (primary N) is 2. The molecule has 0 radical (unpaired) electrons. The summed E-state index contributed by atoms with van der Waals surface area (Å²) >= 11 is 0. The van der Waals surface area contributed by atoms with Crippen molar-refractivity contribution in [1.82, 2.24) is 10.6 Å². The minimum atomic E-state index is -0.410. The lowest BCUT2D eigenvalue weighted by atomic mass is 10.3. The molecule has 5 heteroatoms. The van der Waals surface area contributed by atoms with E-state index >= 15 is 0 Å². The molecule has 7 N–H and O–H groups in total. The molecule has 5 nitrogen and oxygen atoms in total. The topological polar surface area (TPSA) is 96.3 Å². The van der Waals surface area contributed by atoms with Crippen LogP contribution in [0.1, 0.15) is 0 Å². The number of aliphatic hydroxyl groups excluding tert-OH is 1. The third-order valence-corrected chi connectivity index (χ3v) is 1.05. The Bertz CT molecular complexity index is 62.7. The van der Waals surface area contributed by atoms with Gasteiger partial charge in [0.05, 0.1) is 6.10 Å². The summed E-state index contributed by atoms with van der Waals surface area (Å²) < 4.78 is 0. The second-order valence-electron chi connectivity index (χ2n) is 1.97. The van der Waals surface area contributed by atoms with E-state index in [0.29, 0.717) is 26.4 Å². The third-order valence-electron chi connectivity index (χ3n) is 1.05. The maximum atomic E-state index is 9.08. The maximum absolute atomic E-state index is 9.08. The molecule has 0 aromatic rings. The summed E-state index contributed by atoms with van der Waals surface area (Å²) in [5, 5.41) is 14.7. The van der Waals surface area contributed by atoms with Crippen LogP contribution in [0.25, 0.3) is 0 Å². The molecule has 0 rings (SSSR count). The lowest BCUT2D eigenvalue weighted by Gasteiger charge is -2.10. The maximum Gasteiger partial charge on any atom is 0.0789 e. The summed E-state index contributed by atoms with van der Waals surface area (Å²) in [4.78, 5) is 0. The van der Waals surface area contributed by atoms with E-state index in [1.54, 1.807) is 0 Å². The normalized spacial score (nSPS) is 10.8. The first-order valence-electron chi connectivity index (χ1n) is 3.31. The molecule has 0 aliphatic carbocycles. The number of hydrogen-bond donors (Lipinski definition) is 5. The molecular formula is C5H16N4O. The SMILES string of the molecule is NCNCC(O)CNCN. The van der Waals surface area contributed by atoms with Crippen LogP contribution in [0.5, 0.6) is 0 Å². The first-order valence-corrected chi connectivity index (χ1v) is 3.31. The van der Waals surface area contributed by atoms with Gasteiger partial charge in [-0.1, -0.05) is 0 Å². The second-order valence-corrected chi connectivity index (χ2v) is 1.97. The van der Waals surface area contributed by atoms with E-state index in [9.17, 15) is 0 Å². The summed E-state index contributed by atoms with van der Waals surface area (Å²) in [6.07, 6.45) is -0.410. The number of nitrogens with one attached hydrogen (secondary N) is 2. The van der Waals surface area contributed by atoms with Crippen molar-refractivity contribution in [2.45, 2.75) is 6.10 Å². The molecular weight excluding hydrogens is 132 g/mol. The van der Waals surface area contributed by atoms with E-state index in [-0.39, 0.29) is 0 Å². The van der Waals surface area contributed by atoms with Gasteiger partial charge in [-0.05, 0) is 0 Å². The Morgan fingerprint density at radius 2 is 1.50 bits per heavy atom. The minimum Gasteiger partial charge on any atom is -0.390 e. The van der Waals surface area contributed by atoms with E-state index < -0.39 is 6.10 Å². The number of rotatable bonds is 6. The minimum absolute atomic E-state index is 0.389. The molecule has 10 heavy (non-hydrogen) atoms. The molecule has 0 aromatic heterocycles. The molecule has 0 aromatic carbocycles. The molecule has 62 valence electrons. The largest absolute Gasteiger partial charge is 0.390 e. The van der Waals surface area contributed by atoms with Gasteiger partial charge in [-0.3, -0.25) is 0 Å². The van der Waals surface area contributed by atoms with Crippen LogP contribution in [0.3, 0.4) is 0 Å². The fourth-order valence-corrected chi connectivity index (χ4v) is 0.572. The zero-order valence-electron chi connectivity index (χ0n) is 6.01. The van der Waals surface area contributed by atoms with Gasteiger partial charge in [-0.2, -0.15) is 0 Å². The van der Waals surface area contributed by atoms with Gasteiger partial charge in [0.1, 0.15) is 0 Å². The van der Waals surface area contributed by atoms with Crippen molar-refractivity contribution in [3.05, 3.63) is 0 Å². The molecule has 0 unspecified atom stereocenters. The fourth-order valence-electron chi connectivity index (χ4n) is 0.572.